The van der Waals surface area contributed by atoms with E-state index in [1.54, 1.807) is 19.2 Å². The molecule has 1 aromatic carbocycles. The number of nitrogens with one attached hydrogen (secondary N) is 2. The molecule has 1 fully saturated rings. The number of aromatic nitrogens is 2. The Kier molecular flexibility index (Phi) is 6.52. The van der Waals surface area contributed by atoms with E-state index < -0.39 is 10.0 Å². The van der Waals surface area contributed by atoms with Crippen molar-refractivity contribution in [3.8, 4) is 0 Å². The third-order valence-corrected chi connectivity index (χ3v) is 5.77. The van der Waals surface area contributed by atoms with Crippen LogP contribution in [0.5, 0.6) is 0 Å². The van der Waals surface area contributed by atoms with E-state index in [0.717, 1.165) is 49.2 Å². The zero-order valence-corrected chi connectivity index (χ0v) is 18.3. The van der Waals surface area contributed by atoms with Crippen LogP contribution in [0.4, 0.5) is 17.2 Å². The van der Waals surface area contributed by atoms with Gasteiger partial charge < -0.3 is 10.2 Å². The number of hydrogen-bond acceptors (Lipinski definition) is 7. The van der Waals surface area contributed by atoms with Gasteiger partial charge in [-0.15, -0.1) is 0 Å². The fourth-order valence-corrected chi connectivity index (χ4v) is 3.99. The van der Waals surface area contributed by atoms with Gasteiger partial charge in [-0.05, 0) is 24.3 Å². The third kappa shape index (κ3) is 5.42. The minimum absolute atomic E-state index is 0.327. The van der Waals surface area contributed by atoms with Gasteiger partial charge in [0, 0.05) is 70.8 Å². The van der Waals surface area contributed by atoms with Crippen molar-refractivity contribution in [1.82, 2.24) is 14.0 Å². The summed E-state index contributed by atoms with van der Waals surface area (Å²) < 4.78 is 27.6. The first-order chi connectivity index (χ1) is 14.1. The van der Waals surface area contributed by atoms with Crippen molar-refractivity contribution in [1.29, 1.82) is 0 Å². The normalized spacial score (nSPS) is 15.2. The predicted molar refractivity (Wildman–Crippen MR) is 119 cm³/mol. The molecule has 0 bridgehead atoms. The fraction of sp³-hybridized carbons (Fsp3) is 0.474. The first-order valence-corrected chi connectivity index (χ1v) is 11.6. The van der Waals surface area contributed by atoms with Crippen molar-refractivity contribution in [3.63, 3.8) is 0 Å². The number of nitrogens with zero attached hydrogens (tertiary/aromatic N) is 4. The highest BCUT2D eigenvalue weighted by molar-refractivity contribution is 7.92. The Hall–Kier alpha value is -2.79. The summed E-state index contributed by atoms with van der Waals surface area (Å²) in [5.41, 5.74) is 0.932. The van der Waals surface area contributed by atoms with E-state index in [-0.39, 0.29) is 11.2 Å². The van der Waals surface area contributed by atoms with Crippen LogP contribution in [0.25, 0.3) is 0 Å². The molecule has 30 heavy (non-hydrogen) atoms. The number of piperazine rings is 1. The van der Waals surface area contributed by atoms with Gasteiger partial charge in [0.2, 0.25) is 10.0 Å². The van der Waals surface area contributed by atoms with Crippen LogP contribution in [0.2, 0.25) is 0 Å². The topological polar surface area (TPSA) is 109 Å². The molecule has 1 aliphatic rings. The Balaban J connectivity index is 1.48. The van der Waals surface area contributed by atoms with Crippen LogP contribution in [-0.4, -0.2) is 68.0 Å². The van der Waals surface area contributed by atoms with Gasteiger partial charge >= 0.3 is 5.69 Å². The van der Waals surface area contributed by atoms with Gasteiger partial charge in [0.25, 0.3) is 5.56 Å². The van der Waals surface area contributed by atoms with E-state index in [9.17, 15) is 18.0 Å². The largest absolute Gasteiger partial charge is 0.370 e. The Morgan fingerprint density at radius 3 is 2.20 bits per heavy atom. The lowest BCUT2D eigenvalue weighted by Crippen LogP contribution is -2.47. The fourth-order valence-electron chi connectivity index (χ4n) is 3.43. The Morgan fingerprint density at radius 2 is 1.60 bits per heavy atom. The molecule has 0 radical (unpaired) electrons. The first-order valence-electron chi connectivity index (χ1n) is 9.70. The van der Waals surface area contributed by atoms with Gasteiger partial charge in [0.1, 0.15) is 5.82 Å². The molecule has 0 atom stereocenters. The Morgan fingerprint density at radius 1 is 0.967 bits per heavy atom. The summed E-state index contributed by atoms with van der Waals surface area (Å²) in [5.74, 6) is 0.518. The molecule has 0 amide bonds. The van der Waals surface area contributed by atoms with E-state index in [0.29, 0.717) is 18.1 Å². The molecule has 0 aliphatic carbocycles. The molecule has 0 unspecified atom stereocenters. The summed E-state index contributed by atoms with van der Waals surface area (Å²) in [5, 5.41) is 3.18. The zero-order chi connectivity index (χ0) is 21.9. The van der Waals surface area contributed by atoms with Crippen molar-refractivity contribution in [3.05, 3.63) is 51.2 Å². The predicted octanol–water partition coefficient (Wildman–Crippen LogP) is -0.310. The van der Waals surface area contributed by atoms with Crippen molar-refractivity contribution < 1.29 is 8.42 Å². The highest BCUT2D eigenvalue weighted by Crippen LogP contribution is 2.20. The Bertz CT molecular complexity index is 1100. The van der Waals surface area contributed by atoms with Crippen molar-refractivity contribution in [2.24, 2.45) is 14.1 Å². The summed E-state index contributed by atoms with van der Waals surface area (Å²) >= 11 is 0. The summed E-state index contributed by atoms with van der Waals surface area (Å²) in [4.78, 5) is 28.4. The SMILES string of the molecule is Cn1c(NCCN2CCN(c3ccc(NS(C)(=O)=O)cc3)CC2)cc(=O)n(C)c1=O. The average Bonchev–Trinajstić information content (AvgIpc) is 2.70. The average molecular weight is 437 g/mol. The van der Waals surface area contributed by atoms with Gasteiger partial charge in [-0.3, -0.25) is 23.6 Å². The molecule has 2 N–H and O–H groups in total. The number of anilines is 3. The monoisotopic (exact) mass is 436 g/mol. The number of sulfonamides is 1. The van der Waals surface area contributed by atoms with Gasteiger partial charge in [0.15, 0.2) is 0 Å². The summed E-state index contributed by atoms with van der Waals surface area (Å²) in [6.45, 7) is 4.94. The van der Waals surface area contributed by atoms with Crippen LogP contribution < -0.4 is 26.2 Å². The van der Waals surface area contributed by atoms with E-state index >= 15 is 0 Å². The number of hydrogen-bond donors (Lipinski definition) is 2. The van der Waals surface area contributed by atoms with E-state index in [2.05, 4.69) is 19.8 Å². The second kappa shape index (κ2) is 8.92. The van der Waals surface area contributed by atoms with E-state index in [1.165, 1.54) is 17.7 Å². The van der Waals surface area contributed by atoms with Gasteiger partial charge in [-0.2, -0.15) is 0 Å². The molecule has 1 saturated heterocycles. The van der Waals surface area contributed by atoms with E-state index in [4.69, 9.17) is 0 Å². The Labute approximate surface area is 175 Å². The van der Waals surface area contributed by atoms with Crippen LogP contribution in [0.3, 0.4) is 0 Å². The van der Waals surface area contributed by atoms with Gasteiger partial charge in [-0.1, -0.05) is 0 Å². The van der Waals surface area contributed by atoms with Crippen LogP contribution in [0.15, 0.2) is 39.9 Å². The van der Waals surface area contributed by atoms with E-state index in [1.807, 2.05) is 12.1 Å². The summed E-state index contributed by atoms with van der Waals surface area (Å²) in [6.07, 6.45) is 1.13. The minimum Gasteiger partial charge on any atom is -0.370 e. The maximum Gasteiger partial charge on any atom is 0.332 e. The molecule has 10 nitrogen and oxygen atoms in total. The first kappa shape index (κ1) is 21.9. The standard InChI is InChI=1S/C19H28N6O4S/c1-22-17(14-18(26)23(2)19(22)27)20-8-9-24-10-12-25(13-11-24)16-6-4-15(5-7-16)21-30(3,28)29/h4-7,14,20-21H,8-13H2,1-3H3. The molecule has 11 heteroatoms. The molecular formula is C19H28N6O4S. The molecule has 2 heterocycles. The molecule has 3 rings (SSSR count). The van der Waals surface area contributed by atoms with Crippen LogP contribution in [-0.2, 0) is 24.1 Å². The van der Waals surface area contributed by atoms with Crippen molar-refractivity contribution >= 4 is 27.2 Å². The smallest absolute Gasteiger partial charge is 0.332 e. The highest BCUT2D eigenvalue weighted by atomic mass is 32.2. The summed E-state index contributed by atoms with van der Waals surface area (Å²) in [7, 11) is -0.174. The molecule has 0 spiro atoms. The summed E-state index contributed by atoms with van der Waals surface area (Å²) in [6, 6.07) is 8.80. The highest BCUT2D eigenvalue weighted by Gasteiger charge is 2.17. The molecular weight excluding hydrogens is 408 g/mol. The second-order valence-electron chi connectivity index (χ2n) is 7.44. The maximum atomic E-state index is 12.0. The maximum absolute atomic E-state index is 12.0. The third-order valence-electron chi connectivity index (χ3n) is 5.17. The second-order valence-corrected chi connectivity index (χ2v) is 9.19. The van der Waals surface area contributed by atoms with Crippen LogP contribution in [0, 0.1) is 0 Å². The van der Waals surface area contributed by atoms with Crippen molar-refractivity contribution in [2.45, 2.75) is 0 Å². The lowest BCUT2D eigenvalue weighted by Gasteiger charge is -2.36. The van der Waals surface area contributed by atoms with Gasteiger partial charge in [-0.25, -0.2) is 13.2 Å². The van der Waals surface area contributed by atoms with Crippen LogP contribution in [0.1, 0.15) is 0 Å². The van der Waals surface area contributed by atoms with Gasteiger partial charge in [0.05, 0.1) is 6.26 Å². The molecule has 164 valence electrons. The minimum atomic E-state index is -3.27. The number of rotatable bonds is 7. The molecule has 1 aliphatic heterocycles. The molecule has 1 aromatic heterocycles. The quantitative estimate of drug-likeness (QED) is 0.613. The number of benzene rings is 1. The molecule has 0 saturated carbocycles. The van der Waals surface area contributed by atoms with Crippen LogP contribution >= 0.6 is 0 Å². The van der Waals surface area contributed by atoms with Crippen molar-refractivity contribution in [2.75, 3.05) is 60.5 Å². The lowest BCUT2D eigenvalue weighted by atomic mass is 10.2. The lowest BCUT2D eigenvalue weighted by molar-refractivity contribution is 0.267. The molecule has 2 aromatic rings. The zero-order valence-electron chi connectivity index (χ0n) is 17.5.